The van der Waals surface area contributed by atoms with Crippen LogP contribution in [-0.2, 0) is 31.3 Å². The minimum Gasteiger partial charge on any atom is -0.508 e. The zero-order valence-corrected chi connectivity index (χ0v) is 22.5. The van der Waals surface area contributed by atoms with Crippen molar-refractivity contribution in [1.29, 1.82) is 0 Å². The molecule has 0 radical (unpaired) electrons. The van der Waals surface area contributed by atoms with E-state index in [4.69, 9.17) is 9.79 Å². The van der Waals surface area contributed by atoms with E-state index < -0.39 is 20.3 Å². The van der Waals surface area contributed by atoms with Crippen LogP contribution in [0.2, 0.25) is 0 Å². The molecule has 2 aromatic rings. The standard InChI is InChI=1S/C17H29O4P.C7H9O3P/c1-15(2,3)11-10-14(18)13(16(4,5)6)9-12(11)17(7,8)22(19,20)21;8-11(9,10)6-7-4-2-1-3-5-7/h9-10,18H,1-8H3,(H2,19,20,21);1-5H,6H2,(H2,8,9,10). The van der Waals surface area contributed by atoms with Gasteiger partial charge in [0.05, 0.1) is 11.3 Å². The third-order valence-corrected chi connectivity index (χ3v) is 7.85. The van der Waals surface area contributed by atoms with Crippen molar-refractivity contribution in [1.82, 2.24) is 0 Å². The van der Waals surface area contributed by atoms with E-state index in [0.29, 0.717) is 16.7 Å². The molecule has 0 aliphatic heterocycles. The van der Waals surface area contributed by atoms with Gasteiger partial charge in [-0.25, -0.2) is 0 Å². The van der Waals surface area contributed by atoms with Crippen LogP contribution in [0.1, 0.15) is 77.6 Å². The molecule has 5 N–H and O–H groups in total. The Hall–Kier alpha value is -1.46. The summed E-state index contributed by atoms with van der Waals surface area (Å²) < 4.78 is 22.5. The predicted molar refractivity (Wildman–Crippen MR) is 133 cm³/mol. The van der Waals surface area contributed by atoms with Crippen molar-refractivity contribution in [2.45, 2.75) is 77.5 Å². The number of aromatic hydroxyl groups is 1. The average Bonchev–Trinajstić information content (AvgIpc) is 2.58. The monoisotopic (exact) mass is 500 g/mol. The molecule has 2 aromatic carbocycles. The van der Waals surface area contributed by atoms with Gasteiger partial charge in [0.25, 0.3) is 0 Å². The molecule has 9 heteroatoms. The Morgan fingerprint density at radius 1 is 0.697 bits per heavy atom. The van der Waals surface area contributed by atoms with Crippen molar-refractivity contribution in [2.24, 2.45) is 0 Å². The number of hydrogen-bond donors (Lipinski definition) is 5. The maximum absolute atomic E-state index is 12.0. The van der Waals surface area contributed by atoms with Crippen LogP contribution in [0, 0.1) is 0 Å². The van der Waals surface area contributed by atoms with Crippen LogP contribution in [0.3, 0.4) is 0 Å². The normalized spacial score (nSPS) is 13.3. The van der Waals surface area contributed by atoms with Crippen molar-refractivity contribution in [3.8, 4) is 5.75 Å². The highest BCUT2D eigenvalue weighted by molar-refractivity contribution is 7.53. The second kappa shape index (κ2) is 10.0. The zero-order valence-electron chi connectivity index (χ0n) is 20.7. The second-order valence-corrected chi connectivity index (χ2v) is 14.7. The summed E-state index contributed by atoms with van der Waals surface area (Å²) in [6.45, 7) is 14.9. The number of phenolic OH excluding ortho intramolecular Hbond substituents is 1. The quantitative estimate of drug-likeness (QED) is 0.337. The lowest BCUT2D eigenvalue weighted by atomic mass is 9.76. The molecule has 0 saturated carbocycles. The first kappa shape index (κ1) is 29.6. The molecule has 0 aromatic heterocycles. The Morgan fingerprint density at radius 3 is 1.52 bits per heavy atom. The summed E-state index contributed by atoms with van der Waals surface area (Å²) >= 11 is 0. The summed E-state index contributed by atoms with van der Waals surface area (Å²) in [5, 5.41) is 9.07. The van der Waals surface area contributed by atoms with Gasteiger partial charge >= 0.3 is 15.2 Å². The molecule has 7 nitrogen and oxygen atoms in total. The molecule has 0 bridgehead atoms. The van der Waals surface area contributed by atoms with Gasteiger partial charge in [-0.3, -0.25) is 9.13 Å². The Balaban J connectivity index is 0.000000412. The Labute approximate surface area is 197 Å². The second-order valence-electron chi connectivity index (χ2n) is 10.8. The van der Waals surface area contributed by atoms with Crippen LogP contribution in [0.25, 0.3) is 0 Å². The molecule has 0 aliphatic carbocycles. The number of hydrogen-bond acceptors (Lipinski definition) is 3. The van der Waals surface area contributed by atoms with Gasteiger partial charge in [-0.05, 0) is 53.0 Å². The van der Waals surface area contributed by atoms with E-state index in [1.54, 1.807) is 50.2 Å². The lowest BCUT2D eigenvalue weighted by Crippen LogP contribution is -2.26. The van der Waals surface area contributed by atoms with Crippen LogP contribution in [-0.4, -0.2) is 24.7 Å². The first-order valence-electron chi connectivity index (χ1n) is 10.6. The van der Waals surface area contributed by atoms with Crippen LogP contribution < -0.4 is 0 Å². The van der Waals surface area contributed by atoms with E-state index in [-0.39, 0.29) is 22.7 Å². The zero-order chi connectivity index (χ0) is 26.0. The maximum atomic E-state index is 12.0. The smallest absolute Gasteiger partial charge is 0.335 e. The molecule has 2 rings (SSSR count). The van der Waals surface area contributed by atoms with Gasteiger partial charge in [0.15, 0.2) is 0 Å². The van der Waals surface area contributed by atoms with Gasteiger partial charge < -0.3 is 24.7 Å². The summed E-state index contributed by atoms with van der Waals surface area (Å²) in [7, 11) is -8.24. The first-order chi connectivity index (χ1) is 14.6. The fraction of sp³-hybridized carbons (Fsp3) is 0.500. The Kier molecular flexibility index (Phi) is 8.99. The van der Waals surface area contributed by atoms with E-state index in [1.165, 1.54) is 0 Å². The van der Waals surface area contributed by atoms with Crippen LogP contribution in [0.15, 0.2) is 42.5 Å². The maximum Gasteiger partial charge on any atom is 0.335 e. The van der Waals surface area contributed by atoms with Gasteiger partial charge in [0, 0.05) is 0 Å². The summed E-state index contributed by atoms with van der Waals surface area (Å²) in [6.07, 6.45) is -0.173. The molecule has 0 heterocycles. The highest BCUT2D eigenvalue weighted by atomic mass is 31.2. The third kappa shape index (κ3) is 8.36. The fourth-order valence-corrected chi connectivity index (χ4v) is 4.48. The predicted octanol–water partition coefficient (Wildman–Crippen LogP) is 5.76. The topological polar surface area (TPSA) is 135 Å². The molecular formula is C24H38O7P2. The molecule has 0 amide bonds. The summed E-state index contributed by atoms with van der Waals surface area (Å²) in [5.41, 5.74) is 2.05. The van der Waals surface area contributed by atoms with Crippen molar-refractivity contribution in [2.75, 3.05) is 0 Å². The summed E-state index contributed by atoms with van der Waals surface area (Å²) in [5.74, 6) is 0.169. The van der Waals surface area contributed by atoms with Crippen molar-refractivity contribution < 1.29 is 33.8 Å². The van der Waals surface area contributed by atoms with Crippen LogP contribution >= 0.6 is 15.2 Å². The van der Waals surface area contributed by atoms with Gasteiger partial charge in [-0.2, -0.15) is 0 Å². The number of benzene rings is 2. The lowest BCUT2D eigenvalue weighted by molar-refractivity contribution is 0.335. The first-order valence-corrected chi connectivity index (χ1v) is 14.0. The molecule has 186 valence electrons. The molecule has 0 unspecified atom stereocenters. The lowest BCUT2D eigenvalue weighted by Gasteiger charge is -2.35. The minimum atomic E-state index is -4.36. The Morgan fingerprint density at radius 2 is 1.15 bits per heavy atom. The highest BCUT2D eigenvalue weighted by Gasteiger charge is 2.43. The van der Waals surface area contributed by atoms with Crippen molar-refractivity contribution in [3.05, 3.63) is 64.7 Å². The number of phenols is 1. The Bertz CT molecular complexity index is 1040. The van der Waals surface area contributed by atoms with E-state index in [9.17, 15) is 24.0 Å². The van der Waals surface area contributed by atoms with Crippen LogP contribution in [0.5, 0.6) is 5.75 Å². The molecule has 0 saturated heterocycles. The third-order valence-electron chi connectivity index (χ3n) is 5.37. The molecule has 0 spiro atoms. The minimum absolute atomic E-state index is 0.169. The van der Waals surface area contributed by atoms with Crippen molar-refractivity contribution in [3.63, 3.8) is 0 Å². The van der Waals surface area contributed by atoms with E-state index in [2.05, 4.69) is 0 Å². The largest absolute Gasteiger partial charge is 0.508 e. The SMILES string of the molecule is CC(C)(C)c1cc(C(C)(C)P(=O)(O)O)c(C(C)(C)C)cc1O.O=P(O)(O)Cc1ccccc1. The molecule has 0 atom stereocenters. The summed E-state index contributed by atoms with van der Waals surface area (Å²) in [4.78, 5) is 36.8. The molecular weight excluding hydrogens is 462 g/mol. The highest BCUT2D eigenvalue weighted by Crippen LogP contribution is 2.58. The van der Waals surface area contributed by atoms with E-state index in [0.717, 1.165) is 5.56 Å². The fourth-order valence-electron chi connectivity index (χ4n) is 3.29. The van der Waals surface area contributed by atoms with E-state index >= 15 is 0 Å². The molecule has 0 fully saturated rings. The summed E-state index contributed by atoms with van der Waals surface area (Å²) in [6, 6.07) is 12.1. The molecule has 0 aliphatic rings. The van der Waals surface area contributed by atoms with Crippen LogP contribution in [0.4, 0.5) is 0 Å². The van der Waals surface area contributed by atoms with Gasteiger partial charge in [-0.15, -0.1) is 0 Å². The van der Waals surface area contributed by atoms with Gasteiger partial charge in [0.2, 0.25) is 0 Å². The van der Waals surface area contributed by atoms with Crippen molar-refractivity contribution >= 4 is 15.2 Å². The van der Waals surface area contributed by atoms with Gasteiger partial charge in [0.1, 0.15) is 5.75 Å². The number of rotatable bonds is 4. The molecule has 33 heavy (non-hydrogen) atoms. The average molecular weight is 501 g/mol. The van der Waals surface area contributed by atoms with E-state index in [1.807, 2.05) is 47.6 Å². The van der Waals surface area contributed by atoms with Gasteiger partial charge in [-0.1, -0.05) is 77.9 Å².